The van der Waals surface area contributed by atoms with Crippen LogP contribution in [0.5, 0.6) is 0 Å². The molecule has 1 aromatic carbocycles. The van der Waals surface area contributed by atoms with Gasteiger partial charge in [0.25, 0.3) is 0 Å². The lowest BCUT2D eigenvalue weighted by Crippen LogP contribution is -2.12. The van der Waals surface area contributed by atoms with Crippen molar-refractivity contribution in [3.8, 4) is 0 Å². The highest BCUT2D eigenvalue weighted by Gasteiger charge is 2.00. The number of hydrogen-bond donors (Lipinski definition) is 1. The molecule has 0 aliphatic heterocycles. The lowest BCUT2D eigenvalue weighted by Gasteiger charge is -2.06. The van der Waals surface area contributed by atoms with Crippen molar-refractivity contribution in [2.24, 2.45) is 0 Å². The monoisotopic (exact) mass is 259 g/mol. The van der Waals surface area contributed by atoms with Gasteiger partial charge in [0.05, 0.1) is 13.2 Å². The van der Waals surface area contributed by atoms with Crippen molar-refractivity contribution < 1.29 is 9.15 Å². The van der Waals surface area contributed by atoms with E-state index in [0.717, 1.165) is 31.0 Å². The molecule has 0 unspecified atom stereocenters. The van der Waals surface area contributed by atoms with Crippen LogP contribution < -0.4 is 5.32 Å². The molecular formula is C16H21NO2. The van der Waals surface area contributed by atoms with Crippen molar-refractivity contribution in [3.05, 3.63) is 59.0 Å². The van der Waals surface area contributed by atoms with Crippen LogP contribution >= 0.6 is 0 Å². The molecule has 1 heterocycles. The minimum atomic E-state index is 0.659. The van der Waals surface area contributed by atoms with Gasteiger partial charge in [-0.25, -0.2) is 0 Å². The number of furan rings is 1. The summed E-state index contributed by atoms with van der Waals surface area (Å²) in [5.41, 5.74) is 2.46. The molecular weight excluding hydrogens is 238 g/mol. The summed E-state index contributed by atoms with van der Waals surface area (Å²) in [6.07, 6.45) is 0.944. The fourth-order valence-electron chi connectivity index (χ4n) is 2.03. The van der Waals surface area contributed by atoms with Gasteiger partial charge in [-0.3, -0.25) is 0 Å². The van der Waals surface area contributed by atoms with E-state index in [2.05, 4.69) is 36.5 Å². The van der Waals surface area contributed by atoms with Gasteiger partial charge in [0, 0.05) is 20.1 Å². The van der Waals surface area contributed by atoms with Gasteiger partial charge in [0.2, 0.25) is 0 Å². The lowest BCUT2D eigenvalue weighted by atomic mass is 10.1. The molecule has 0 amide bonds. The van der Waals surface area contributed by atoms with Gasteiger partial charge in [-0.15, -0.1) is 0 Å². The smallest absolute Gasteiger partial charge is 0.117 e. The number of methoxy groups -OCH3 is 1. The number of nitrogens with one attached hydrogen (secondary N) is 1. The molecule has 0 radical (unpaired) electrons. The number of rotatable bonds is 7. The fourth-order valence-corrected chi connectivity index (χ4v) is 2.03. The Hall–Kier alpha value is -1.58. The van der Waals surface area contributed by atoms with Crippen molar-refractivity contribution >= 4 is 0 Å². The van der Waals surface area contributed by atoms with Crippen molar-refractivity contribution in [1.29, 1.82) is 0 Å². The predicted molar refractivity (Wildman–Crippen MR) is 75.8 cm³/mol. The number of aryl methyl sites for hydroxylation is 1. The van der Waals surface area contributed by atoms with Crippen LogP contribution in [0.15, 0.2) is 40.8 Å². The molecule has 2 aromatic rings. The van der Waals surface area contributed by atoms with Crippen LogP contribution in [0.4, 0.5) is 0 Å². The molecule has 0 spiro atoms. The maximum Gasteiger partial charge on any atom is 0.117 e. The average Bonchev–Trinajstić information content (AvgIpc) is 2.88. The fraction of sp³-hybridized carbons (Fsp3) is 0.375. The molecule has 1 aromatic heterocycles. The summed E-state index contributed by atoms with van der Waals surface area (Å²) in [4.78, 5) is 0. The molecule has 0 bridgehead atoms. The van der Waals surface area contributed by atoms with Crippen molar-refractivity contribution in [3.63, 3.8) is 0 Å². The minimum absolute atomic E-state index is 0.659. The molecule has 2 rings (SSSR count). The molecule has 19 heavy (non-hydrogen) atoms. The SMILES string of the molecule is CCc1ccc(CNCc2cccc(COC)c2)o1. The summed E-state index contributed by atoms with van der Waals surface area (Å²) in [5, 5.41) is 3.39. The second kappa shape index (κ2) is 7.12. The second-order valence-corrected chi connectivity index (χ2v) is 4.58. The molecule has 0 aliphatic carbocycles. The maximum atomic E-state index is 5.65. The van der Waals surface area contributed by atoms with Crippen molar-refractivity contribution in [2.75, 3.05) is 7.11 Å². The van der Waals surface area contributed by atoms with E-state index in [-0.39, 0.29) is 0 Å². The van der Waals surface area contributed by atoms with Gasteiger partial charge in [0.15, 0.2) is 0 Å². The van der Waals surface area contributed by atoms with E-state index in [1.54, 1.807) is 7.11 Å². The zero-order valence-electron chi connectivity index (χ0n) is 11.6. The lowest BCUT2D eigenvalue weighted by molar-refractivity contribution is 0.185. The molecule has 0 atom stereocenters. The van der Waals surface area contributed by atoms with Crippen LogP contribution in [-0.4, -0.2) is 7.11 Å². The topological polar surface area (TPSA) is 34.4 Å². The zero-order valence-corrected chi connectivity index (χ0v) is 11.6. The van der Waals surface area contributed by atoms with Gasteiger partial charge in [-0.2, -0.15) is 0 Å². The average molecular weight is 259 g/mol. The largest absolute Gasteiger partial charge is 0.465 e. The first-order valence-electron chi connectivity index (χ1n) is 6.67. The van der Waals surface area contributed by atoms with Gasteiger partial charge in [0.1, 0.15) is 11.5 Å². The van der Waals surface area contributed by atoms with Gasteiger partial charge in [-0.1, -0.05) is 31.2 Å². The van der Waals surface area contributed by atoms with Crippen LogP contribution in [0.1, 0.15) is 29.6 Å². The van der Waals surface area contributed by atoms with Crippen LogP contribution in [0.3, 0.4) is 0 Å². The molecule has 102 valence electrons. The third kappa shape index (κ3) is 4.23. The summed E-state index contributed by atoms with van der Waals surface area (Å²) in [6, 6.07) is 12.5. The Morgan fingerprint density at radius 3 is 2.58 bits per heavy atom. The summed E-state index contributed by atoms with van der Waals surface area (Å²) in [6.45, 7) is 4.34. The van der Waals surface area contributed by atoms with Crippen molar-refractivity contribution in [2.45, 2.75) is 33.0 Å². The van der Waals surface area contributed by atoms with Gasteiger partial charge < -0.3 is 14.5 Å². The first-order chi connectivity index (χ1) is 9.31. The predicted octanol–water partition coefficient (Wildman–Crippen LogP) is 3.28. The third-order valence-electron chi connectivity index (χ3n) is 3.00. The summed E-state index contributed by atoms with van der Waals surface area (Å²) >= 11 is 0. The van der Waals surface area contributed by atoms with Gasteiger partial charge >= 0.3 is 0 Å². The summed E-state index contributed by atoms with van der Waals surface area (Å²) < 4.78 is 10.8. The first-order valence-corrected chi connectivity index (χ1v) is 6.67. The highest BCUT2D eigenvalue weighted by atomic mass is 16.5. The van der Waals surface area contributed by atoms with Crippen LogP contribution in [-0.2, 0) is 30.9 Å². The molecule has 3 nitrogen and oxygen atoms in total. The number of ether oxygens (including phenoxy) is 1. The summed E-state index contributed by atoms with van der Waals surface area (Å²) in [5.74, 6) is 2.03. The Labute approximate surface area is 114 Å². The second-order valence-electron chi connectivity index (χ2n) is 4.58. The van der Waals surface area contributed by atoms with Gasteiger partial charge in [-0.05, 0) is 23.3 Å². The van der Waals surface area contributed by atoms with E-state index in [1.165, 1.54) is 11.1 Å². The molecule has 3 heteroatoms. The van der Waals surface area contributed by atoms with E-state index in [4.69, 9.17) is 9.15 Å². The highest BCUT2D eigenvalue weighted by Crippen LogP contribution is 2.09. The molecule has 0 aliphatic rings. The van der Waals surface area contributed by atoms with E-state index >= 15 is 0 Å². The highest BCUT2D eigenvalue weighted by molar-refractivity contribution is 5.23. The standard InChI is InChI=1S/C16H21NO2/c1-3-15-7-8-16(19-15)11-17-10-13-5-4-6-14(9-13)12-18-2/h4-9,17H,3,10-12H2,1-2H3. The van der Waals surface area contributed by atoms with Crippen LogP contribution in [0.2, 0.25) is 0 Å². The number of hydrogen-bond acceptors (Lipinski definition) is 3. The van der Waals surface area contributed by atoms with Crippen molar-refractivity contribution in [1.82, 2.24) is 5.32 Å². The molecule has 1 N–H and O–H groups in total. The molecule has 0 saturated heterocycles. The third-order valence-corrected chi connectivity index (χ3v) is 3.00. The Bertz CT molecular complexity index is 505. The van der Waals surface area contributed by atoms with Crippen LogP contribution in [0, 0.1) is 0 Å². The van der Waals surface area contributed by atoms with E-state index in [0.29, 0.717) is 6.61 Å². The Balaban J connectivity index is 1.83. The Kier molecular flexibility index (Phi) is 5.19. The minimum Gasteiger partial charge on any atom is -0.465 e. The van der Waals surface area contributed by atoms with E-state index < -0.39 is 0 Å². The van der Waals surface area contributed by atoms with E-state index in [1.807, 2.05) is 12.1 Å². The molecule has 0 fully saturated rings. The quantitative estimate of drug-likeness (QED) is 0.828. The summed E-state index contributed by atoms with van der Waals surface area (Å²) in [7, 11) is 1.72. The number of benzene rings is 1. The van der Waals surface area contributed by atoms with Crippen LogP contribution in [0.25, 0.3) is 0 Å². The molecule has 0 saturated carbocycles. The first kappa shape index (κ1) is 13.8. The zero-order chi connectivity index (χ0) is 13.5. The Morgan fingerprint density at radius 1 is 1.05 bits per heavy atom. The van der Waals surface area contributed by atoms with E-state index in [9.17, 15) is 0 Å². The maximum absolute atomic E-state index is 5.65. The normalized spacial score (nSPS) is 10.8. The Morgan fingerprint density at radius 2 is 1.84 bits per heavy atom.